The molecule has 1 amide bonds. The average molecular weight is 542 g/mol. The number of β-lactam (4-membered cyclic amide) rings is 1. The molecule has 0 spiro atoms. The van der Waals surface area contributed by atoms with Crippen molar-refractivity contribution in [2.24, 2.45) is 11.8 Å². The maximum atomic E-state index is 12.6. The van der Waals surface area contributed by atoms with Gasteiger partial charge in [0.25, 0.3) is 10.1 Å². The number of hydrogen-bond donors (Lipinski definition) is 2. The van der Waals surface area contributed by atoms with Crippen LogP contribution in [0.2, 0.25) is 0 Å². The number of aliphatic hydroxyl groups excluding tert-OH is 1. The minimum Gasteiger partial charge on any atom is -0.477 e. The predicted octanol–water partition coefficient (Wildman–Crippen LogP) is 0.896. The van der Waals surface area contributed by atoms with Gasteiger partial charge in [-0.05, 0) is 26.0 Å². The standard InChI is InChI=1S/C23H27NO10S2/c1-10-5-7-13(8-6-10)36(30,31)33-9-14-20(18(34-14)23(29)32-4)35-19-11(2)16-15(12(3)25)21(26)24(16)17(19)22(27)28/h5-8,11-12,14-16,18,20,25H,9H2,1-4H3,(H,27,28)/t11-,12-,14-,15-,16-,18+,20-/m1/s1. The first-order chi connectivity index (χ1) is 16.9. The smallest absolute Gasteiger partial charge is 0.353 e. The van der Waals surface area contributed by atoms with Crippen molar-refractivity contribution in [3.63, 3.8) is 0 Å². The van der Waals surface area contributed by atoms with E-state index in [9.17, 15) is 33.0 Å². The molecule has 7 atom stereocenters. The first kappa shape index (κ1) is 26.6. The zero-order valence-corrected chi connectivity index (χ0v) is 21.6. The lowest BCUT2D eigenvalue weighted by Gasteiger charge is -2.46. The Hall–Kier alpha value is -2.45. The Bertz CT molecular complexity index is 1210. The van der Waals surface area contributed by atoms with E-state index in [1.54, 1.807) is 19.1 Å². The van der Waals surface area contributed by atoms with Crippen LogP contribution in [0.1, 0.15) is 19.4 Å². The number of aliphatic hydroxyl groups is 1. The molecule has 1 aromatic carbocycles. The number of carbonyl (C=O) groups is 3. The minimum atomic E-state index is -4.10. The molecule has 2 fully saturated rings. The molecule has 0 radical (unpaired) electrons. The van der Waals surface area contributed by atoms with Crippen molar-refractivity contribution in [3.05, 3.63) is 40.4 Å². The Labute approximate surface area is 212 Å². The monoisotopic (exact) mass is 541 g/mol. The third kappa shape index (κ3) is 4.43. The highest BCUT2D eigenvalue weighted by Crippen LogP contribution is 2.53. The molecule has 1 aromatic rings. The van der Waals surface area contributed by atoms with Gasteiger partial charge in [-0.3, -0.25) is 8.98 Å². The van der Waals surface area contributed by atoms with Gasteiger partial charge in [-0.1, -0.05) is 24.6 Å². The fraction of sp³-hybridized carbons (Fsp3) is 0.522. The summed E-state index contributed by atoms with van der Waals surface area (Å²) in [5.41, 5.74) is 0.671. The van der Waals surface area contributed by atoms with Gasteiger partial charge in [-0.15, -0.1) is 11.8 Å². The summed E-state index contributed by atoms with van der Waals surface area (Å²) in [7, 11) is -2.92. The third-order valence-corrected chi connectivity index (χ3v) is 9.63. The van der Waals surface area contributed by atoms with E-state index in [1.807, 2.05) is 6.92 Å². The largest absolute Gasteiger partial charge is 0.477 e. The summed E-state index contributed by atoms with van der Waals surface area (Å²) < 4.78 is 40.7. The number of ether oxygens (including phenoxy) is 2. The van der Waals surface area contributed by atoms with E-state index < -0.39 is 76.0 Å². The Morgan fingerprint density at radius 2 is 1.89 bits per heavy atom. The summed E-state index contributed by atoms with van der Waals surface area (Å²) in [5.74, 6) is -3.66. The van der Waals surface area contributed by atoms with Crippen LogP contribution in [0.3, 0.4) is 0 Å². The van der Waals surface area contributed by atoms with Gasteiger partial charge in [-0.2, -0.15) is 8.42 Å². The number of carboxylic acids is 1. The van der Waals surface area contributed by atoms with Crippen molar-refractivity contribution < 1.29 is 46.7 Å². The highest BCUT2D eigenvalue weighted by Gasteiger charge is 2.61. The van der Waals surface area contributed by atoms with Crippen molar-refractivity contribution in [2.75, 3.05) is 13.7 Å². The van der Waals surface area contributed by atoms with Crippen molar-refractivity contribution in [3.8, 4) is 0 Å². The number of esters is 1. The summed E-state index contributed by atoms with van der Waals surface area (Å²) >= 11 is 1.03. The Morgan fingerprint density at radius 1 is 1.25 bits per heavy atom. The van der Waals surface area contributed by atoms with Crippen molar-refractivity contribution in [1.82, 2.24) is 4.90 Å². The van der Waals surface area contributed by atoms with E-state index in [0.717, 1.165) is 17.3 Å². The van der Waals surface area contributed by atoms with Gasteiger partial charge >= 0.3 is 11.9 Å². The molecule has 2 N–H and O–H groups in total. The number of aliphatic carboxylic acids is 1. The number of fused-ring (bicyclic) bond motifs is 1. The number of benzene rings is 1. The molecule has 36 heavy (non-hydrogen) atoms. The molecule has 3 aliphatic heterocycles. The summed E-state index contributed by atoms with van der Waals surface area (Å²) in [6, 6.07) is 5.57. The van der Waals surface area contributed by atoms with E-state index in [0.29, 0.717) is 4.91 Å². The third-order valence-electron chi connectivity index (χ3n) is 6.69. The molecular weight excluding hydrogens is 514 g/mol. The number of hydrogen-bond acceptors (Lipinski definition) is 10. The summed E-state index contributed by atoms with van der Waals surface area (Å²) in [4.78, 5) is 38.4. The van der Waals surface area contributed by atoms with Crippen molar-refractivity contribution in [2.45, 2.75) is 55.3 Å². The van der Waals surface area contributed by atoms with Gasteiger partial charge in [0.2, 0.25) is 5.91 Å². The van der Waals surface area contributed by atoms with E-state index in [-0.39, 0.29) is 10.6 Å². The molecule has 0 aliphatic carbocycles. The van der Waals surface area contributed by atoms with Crippen LogP contribution in [0.25, 0.3) is 0 Å². The highest BCUT2D eigenvalue weighted by atomic mass is 32.2. The van der Waals surface area contributed by atoms with Gasteiger partial charge in [0, 0.05) is 10.8 Å². The quantitative estimate of drug-likeness (QED) is 0.260. The molecule has 3 aliphatic rings. The van der Waals surface area contributed by atoms with Crippen LogP contribution in [0.15, 0.2) is 39.8 Å². The molecule has 0 aromatic heterocycles. The number of nitrogens with zero attached hydrogens (tertiary/aromatic N) is 1. The molecule has 2 saturated heterocycles. The van der Waals surface area contributed by atoms with Crippen LogP contribution < -0.4 is 0 Å². The van der Waals surface area contributed by atoms with Crippen LogP contribution in [0.5, 0.6) is 0 Å². The summed E-state index contributed by atoms with van der Waals surface area (Å²) in [6.07, 6.45) is -2.91. The number of methoxy groups -OCH3 is 1. The minimum absolute atomic E-state index is 0.0338. The van der Waals surface area contributed by atoms with Crippen LogP contribution in [-0.2, 0) is 38.2 Å². The number of rotatable bonds is 9. The number of amides is 1. The van der Waals surface area contributed by atoms with Gasteiger partial charge < -0.3 is 24.6 Å². The average Bonchev–Trinajstić information content (AvgIpc) is 3.04. The molecule has 4 rings (SSSR count). The number of carboxylic acid groups (broad SMARTS) is 1. The Balaban J connectivity index is 1.56. The number of thioether (sulfide) groups is 1. The van der Waals surface area contributed by atoms with E-state index >= 15 is 0 Å². The van der Waals surface area contributed by atoms with Crippen LogP contribution in [0, 0.1) is 18.8 Å². The molecule has 3 heterocycles. The van der Waals surface area contributed by atoms with Crippen LogP contribution in [-0.4, -0.2) is 84.7 Å². The molecule has 0 unspecified atom stereocenters. The van der Waals surface area contributed by atoms with Crippen LogP contribution >= 0.6 is 11.8 Å². The zero-order chi connectivity index (χ0) is 26.5. The Morgan fingerprint density at radius 3 is 2.44 bits per heavy atom. The lowest BCUT2D eigenvalue weighted by Crippen LogP contribution is -2.63. The van der Waals surface area contributed by atoms with E-state index in [2.05, 4.69) is 0 Å². The molecule has 11 nitrogen and oxygen atoms in total. The second-order valence-corrected chi connectivity index (χ2v) is 11.9. The maximum absolute atomic E-state index is 12.6. The lowest BCUT2D eigenvalue weighted by atomic mass is 9.79. The second kappa shape index (κ2) is 9.78. The van der Waals surface area contributed by atoms with Crippen LogP contribution in [0.4, 0.5) is 0 Å². The molecular formula is C23H27NO10S2. The fourth-order valence-corrected chi connectivity index (χ4v) is 7.24. The first-order valence-corrected chi connectivity index (χ1v) is 13.5. The maximum Gasteiger partial charge on any atom is 0.353 e. The summed E-state index contributed by atoms with van der Waals surface area (Å²) in [5, 5.41) is 19.2. The Kier molecular flexibility index (Phi) is 7.23. The van der Waals surface area contributed by atoms with E-state index in [4.69, 9.17) is 13.7 Å². The number of carbonyl (C=O) groups excluding carboxylic acids is 2. The van der Waals surface area contributed by atoms with Crippen molar-refractivity contribution in [1.29, 1.82) is 0 Å². The van der Waals surface area contributed by atoms with Gasteiger partial charge in [0.05, 0.1) is 48.0 Å². The SMILES string of the molecule is COC(=O)[C@H]1O[C@H](COS(=O)(=O)c2ccc(C)cc2)[C@H]1SC1=C(C(=O)O)N2C(=O)[C@H]([C@@H](C)O)[C@H]2[C@H]1C. The molecule has 13 heteroatoms. The summed E-state index contributed by atoms with van der Waals surface area (Å²) in [6.45, 7) is 4.64. The first-order valence-electron chi connectivity index (χ1n) is 11.2. The molecule has 0 saturated carbocycles. The predicted molar refractivity (Wildman–Crippen MR) is 126 cm³/mol. The fourth-order valence-electron chi connectivity index (χ4n) is 4.78. The normalized spacial score (nSPS) is 30.4. The van der Waals surface area contributed by atoms with Gasteiger partial charge in [0.1, 0.15) is 5.70 Å². The topological polar surface area (TPSA) is 157 Å². The highest BCUT2D eigenvalue weighted by molar-refractivity contribution is 8.03. The molecule has 0 bridgehead atoms. The lowest BCUT2D eigenvalue weighted by molar-refractivity contribution is -0.182. The van der Waals surface area contributed by atoms with Gasteiger partial charge in [0.15, 0.2) is 6.10 Å². The van der Waals surface area contributed by atoms with Crippen molar-refractivity contribution >= 4 is 39.7 Å². The second-order valence-electron chi connectivity index (χ2n) is 9.02. The number of aryl methyl sites for hydroxylation is 1. The molecule has 196 valence electrons. The zero-order valence-electron chi connectivity index (χ0n) is 20.0. The van der Waals surface area contributed by atoms with Gasteiger partial charge in [-0.25, -0.2) is 9.59 Å². The van der Waals surface area contributed by atoms with E-state index in [1.165, 1.54) is 31.1 Å².